The van der Waals surface area contributed by atoms with Gasteiger partial charge in [0.2, 0.25) is 0 Å². The van der Waals surface area contributed by atoms with E-state index in [-0.39, 0.29) is 5.41 Å². The molecule has 0 aromatic carbocycles. The molecule has 1 aliphatic heterocycles. The van der Waals surface area contributed by atoms with Crippen molar-refractivity contribution in [2.75, 3.05) is 13.2 Å². The van der Waals surface area contributed by atoms with Gasteiger partial charge in [-0.25, -0.2) is 0 Å². The number of hydrogen-bond donors (Lipinski definition) is 1. The molecule has 2 aliphatic rings. The molecule has 0 radical (unpaired) electrons. The zero-order chi connectivity index (χ0) is 12.1. The molecule has 2 rings (SSSR count). The Morgan fingerprint density at radius 1 is 1.29 bits per heavy atom. The number of carbonyl (C=O) groups is 1. The third-order valence-corrected chi connectivity index (χ3v) is 4.50. The van der Waals surface area contributed by atoms with Crippen molar-refractivity contribution in [2.45, 2.75) is 63.9 Å². The van der Waals surface area contributed by atoms with Crippen molar-refractivity contribution in [3.63, 3.8) is 0 Å². The minimum atomic E-state index is -0.156. The maximum atomic E-state index is 12.3. The molecule has 1 saturated heterocycles. The molecule has 1 atom stereocenters. The Labute approximate surface area is 104 Å². The van der Waals surface area contributed by atoms with Crippen molar-refractivity contribution in [3.05, 3.63) is 0 Å². The van der Waals surface area contributed by atoms with Gasteiger partial charge >= 0.3 is 0 Å². The molecule has 2 N–H and O–H groups in total. The van der Waals surface area contributed by atoms with Crippen molar-refractivity contribution >= 4 is 5.78 Å². The fraction of sp³-hybridized carbons (Fsp3) is 0.929. The van der Waals surface area contributed by atoms with Gasteiger partial charge in [-0.1, -0.05) is 12.8 Å². The smallest absolute Gasteiger partial charge is 0.140 e. The predicted molar refractivity (Wildman–Crippen MR) is 67.8 cm³/mol. The number of Topliss-reactive ketones (excluding diaryl/α,β-unsaturated/α-hetero) is 1. The first kappa shape index (κ1) is 13.0. The van der Waals surface area contributed by atoms with Crippen LogP contribution in [0.1, 0.15) is 57.8 Å². The molecule has 1 saturated carbocycles. The van der Waals surface area contributed by atoms with Crippen LogP contribution in [-0.4, -0.2) is 25.0 Å². The quantitative estimate of drug-likeness (QED) is 0.774. The third-order valence-electron chi connectivity index (χ3n) is 4.50. The zero-order valence-electron chi connectivity index (χ0n) is 10.7. The lowest BCUT2D eigenvalue weighted by atomic mass is 9.79. The Balaban J connectivity index is 1.72. The van der Waals surface area contributed by atoms with Gasteiger partial charge in [0.25, 0.3) is 0 Å². The highest BCUT2D eigenvalue weighted by Crippen LogP contribution is 2.39. The number of ether oxygens (including phenoxy) is 1. The van der Waals surface area contributed by atoms with E-state index >= 15 is 0 Å². The van der Waals surface area contributed by atoms with Gasteiger partial charge in [-0.05, 0) is 38.5 Å². The van der Waals surface area contributed by atoms with Crippen LogP contribution in [0.25, 0.3) is 0 Å². The van der Waals surface area contributed by atoms with Gasteiger partial charge in [-0.15, -0.1) is 0 Å². The number of ketones is 1. The maximum Gasteiger partial charge on any atom is 0.140 e. The topological polar surface area (TPSA) is 52.3 Å². The Morgan fingerprint density at radius 3 is 2.65 bits per heavy atom. The Hall–Kier alpha value is -0.410. The molecule has 0 bridgehead atoms. The van der Waals surface area contributed by atoms with E-state index < -0.39 is 0 Å². The van der Waals surface area contributed by atoms with E-state index in [1.807, 2.05) is 0 Å². The molecule has 1 heterocycles. The van der Waals surface area contributed by atoms with E-state index in [1.54, 1.807) is 0 Å². The molecule has 17 heavy (non-hydrogen) atoms. The van der Waals surface area contributed by atoms with Gasteiger partial charge in [-0.3, -0.25) is 4.79 Å². The standard InChI is InChI=1S/C14H25NO2/c15-11-14(8-1-2-9-14)13(16)7-3-5-12-6-4-10-17-12/h12H,1-11,15H2. The lowest BCUT2D eigenvalue weighted by Crippen LogP contribution is -2.36. The molecule has 2 fully saturated rings. The number of nitrogens with two attached hydrogens (primary N) is 1. The molecule has 0 amide bonds. The summed E-state index contributed by atoms with van der Waals surface area (Å²) in [6.07, 6.45) is 9.89. The maximum absolute atomic E-state index is 12.3. The highest BCUT2D eigenvalue weighted by atomic mass is 16.5. The number of rotatable bonds is 6. The fourth-order valence-corrected chi connectivity index (χ4v) is 3.28. The van der Waals surface area contributed by atoms with E-state index in [4.69, 9.17) is 10.5 Å². The van der Waals surface area contributed by atoms with E-state index in [0.717, 1.165) is 32.3 Å². The Bertz CT molecular complexity index is 253. The second-order valence-corrected chi connectivity index (χ2v) is 5.64. The summed E-state index contributed by atoms with van der Waals surface area (Å²) in [5.74, 6) is 0.412. The first-order chi connectivity index (χ1) is 8.27. The van der Waals surface area contributed by atoms with Crippen molar-refractivity contribution < 1.29 is 9.53 Å². The summed E-state index contributed by atoms with van der Waals surface area (Å²) >= 11 is 0. The van der Waals surface area contributed by atoms with Gasteiger partial charge in [0.1, 0.15) is 5.78 Å². The highest BCUT2D eigenvalue weighted by molar-refractivity contribution is 5.85. The van der Waals surface area contributed by atoms with Gasteiger partial charge < -0.3 is 10.5 Å². The van der Waals surface area contributed by atoms with Crippen LogP contribution in [0.4, 0.5) is 0 Å². The molecule has 0 spiro atoms. The summed E-state index contributed by atoms with van der Waals surface area (Å²) in [5, 5.41) is 0. The Morgan fingerprint density at radius 2 is 2.06 bits per heavy atom. The lowest BCUT2D eigenvalue weighted by Gasteiger charge is -2.25. The van der Waals surface area contributed by atoms with E-state index in [0.29, 0.717) is 24.9 Å². The van der Waals surface area contributed by atoms with Crippen LogP contribution in [0.15, 0.2) is 0 Å². The van der Waals surface area contributed by atoms with Crippen LogP contribution in [0.3, 0.4) is 0 Å². The number of carbonyl (C=O) groups excluding carboxylic acids is 1. The number of hydrogen-bond acceptors (Lipinski definition) is 3. The van der Waals surface area contributed by atoms with Crippen LogP contribution in [0.2, 0.25) is 0 Å². The largest absolute Gasteiger partial charge is 0.378 e. The monoisotopic (exact) mass is 239 g/mol. The van der Waals surface area contributed by atoms with Crippen LogP contribution in [-0.2, 0) is 9.53 Å². The molecular weight excluding hydrogens is 214 g/mol. The van der Waals surface area contributed by atoms with Crippen LogP contribution < -0.4 is 5.73 Å². The summed E-state index contributed by atoms with van der Waals surface area (Å²) in [6.45, 7) is 1.46. The van der Waals surface area contributed by atoms with Gasteiger partial charge in [0.15, 0.2) is 0 Å². The molecule has 1 aliphatic carbocycles. The SMILES string of the molecule is NCC1(C(=O)CCCC2CCCO2)CCCC1. The average Bonchev–Trinajstić information content (AvgIpc) is 3.00. The summed E-state index contributed by atoms with van der Waals surface area (Å²) in [7, 11) is 0. The van der Waals surface area contributed by atoms with Crippen LogP contribution in [0, 0.1) is 5.41 Å². The van der Waals surface area contributed by atoms with Crippen LogP contribution in [0.5, 0.6) is 0 Å². The normalized spacial score (nSPS) is 27.5. The summed E-state index contributed by atoms with van der Waals surface area (Å²) < 4.78 is 5.58. The van der Waals surface area contributed by atoms with Crippen molar-refractivity contribution in [2.24, 2.45) is 11.1 Å². The van der Waals surface area contributed by atoms with Gasteiger partial charge in [0, 0.05) is 25.0 Å². The third kappa shape index (κ3) is 3.08. The minimum absolute atomic E-state index is 0.156. The second kappa shape index (κ2) is 5.96. The minimum Gasteiger partial charge on any atom is -0.378 e. The molecule has 3 nitrogen and oxygen atoms in total. The lowest BCUT2D eigenvalue weighted by molar-refractivity contribution is -0.128. The van der Waals surface area contributed by atoms with Crippen molar-refractivity contribution in [1.82, 2.24) is 0 Å². The van der Waals surface area contributed by atoms with Gasteiger partial charge in [-0.2, -0.15) is 0 Å². The molecule has 0 aromatic rings. The van der Waals surface area contributed by atoms with Gasteiger partial charge in [0.05, 0.1) is 6.10 Å². The Kier molecular flexibility index (Phi) is 4.57. The zero-order valence-corrected chi connectivity index (χ0v) is 10.7. The van der Waals surface area contributed by atoms with Crippen molar-refractivity contribution in [1.29, 1.82) is 0 Å². The molecular formula is C14H25NO2. The first-order valence-corrected chi connectivity index (χ1v) is 7.12. The predicted octanol–water partition coefficient (Wildman–Crippen LogP) is 2.42. The molecule has 1 unspecified atom stereocenters. The van der Waals surface area contributed by atoms with Crippen molar-refractivity contribution in [3.8, 4) is 0 Å². The van der Waals surface area contributed by atoms with Crippen LogP contribution >= 0.6 is 0 Å². The summed E-state index contributed by atoms with van der Waals surface area (Å²) in [4.78, 5) is 12.3. The molecule has 98 valence electrons. The molecule has 3 heteroatoms. The van der Waals surface area contributed by atoms with E-state index in [9.17, 15) is 4.79 Å². The average molecular weight is 239 g/mol. The van der Waals surface area contributed by atoms with E-state index in [2.05, 4.69) is 0 Å². The first-order valence-electron chi connectivity index (χ1n) is 7.12. The molecule has 0 aromatic heterocycles. The fourth-order valence-electron chi connectivity index (χ4n) is 3.28. The van der Waals surface area contributed by atoms with E-state index in [1.165, 1.54) is 25.7 Å². The highest BCUT2D eigenvalue weighted by Gasteiger charge is 2.38. The summed E-state index contributed by atoms with van der Waals surface area (Å²) in [6, 6.07) is 0. The summed E-state index contributed by atoms with van der Waals surface area (Å²) in [5.41, 5.74) is 5.66. The second-order valence-electron chi connectivity index (χ2n) is 5.64.